The Morgan fingerprint density at radius 3 is 2.34 bits per heavy atom. The first-order valence-electron chi connectivity index (χ1n) is 12.4. The van der Waals surface area contributed by atoms with Gasteiger partial charge >= 0.3 is 5.91 Å². The Hall–Kier alpha value is -4.29. The normalized spacial score (nSPS) is 16.3. The molecule has 5 rings (SSSR count). The van der Waals surface area contributed by atoms with Gasteiger partial charge in [-0.05, 0) is 66.6 Å². The number of aromatic nitrogens is 2. The summed E-state index contributed by atoms with van der Waals surface area (Å²) in [5.41, 5.74) is 1.29. The predicted molar refractivity (Wildman–Crippen MR) is 151 cm³/mol. The van der Waals surface area contributed by atoms with Crippen LogP contribution in [-0.2, 0) is 15.3 Å². The van der Waals surface area contributed by atoms with Crippen molar-refractivity contribution in [2.75, 3.05) is 18.6 Å². The zero-order valence-electron chi connectivity index (χ0n) is 21.8. The zero-order valence-corrected chi connectivity index (χ0v) is 23.5. The van der Waals surface area contributed by atoms with E-state index in [9.17, 15) is 23.5 Å². The molecule has 1 fully saturated rings. The lowest BCUT2D eigenvalue weighted by Gasteiger charge is -2.23. The fraction of sp³-hybridized carbons (Fsp3) is 0.172. The van der Waals surface area contributed by atoms with Gasteiger partial charge in [0.15, 0.2) is 15.8 Å². The molecule has 0 spiro atoms. The number of benzene rings is 3. The fourth-order valence-corrected chi connectivity index (χ4v) is 6.14. The molecule has 0 bridgehead atoms. The summed E-state index contributed by atoms with van der Waals surface area (Å²) >= 11 is 2.44. The third-order valence-corrected chi connectivity index (χ3v) is 8.37. The Morgan fingerprint density at radius 2 is 1.68 bits per heavy atom. The number of methoxy groups -OCH3 is 1. The maximum Gasteiger partial charge on any atom is 0.301 e. The number of carbonyl (C=O) groups is 2. The molecule has 1 amide bonds. The Labute approximate surface area is 242 Å². The summed E-state index contributed by atoms with van der Waals surface area (Å²) in [6.45, 7) is 2.22. The molecule has 1 aromatic heterocycles. The van der Waals surface area contributed by atoms with Crippen molar-refractivity contribution >= 4 is 45.7 Å². The summed E-state index contributed by atoms with van der Waals surface area (Å²) in [6.07, 6.45) is 0. The monoisotopic (exact) mass is 595 g/mol. The number of ketones is 1. The standard InChI is InChI=1S/C29H23F2N3O5S2/c1-3-39-21-13-8-18(14-22(21)38-2)24-23(25(35)17-6-11-20(31)12-7-17)26(36)27(37)34(24)28-32-33-29(41-28)40-15-16-4-9-19(30)10-5-16/h4-14,24,35H,3,15H2,1-2H3/b25-23-. The zero-order chi connectivity index (χ0) is 29.1. The lowest BCUT2D eigenvalue weighted by Crippen LogP contribution is -2.29. The molecule has 1 aliphatic rings. The number of carbonyl (C=O) groups excluding carboxylic acids is 2. The van der Waals surface area contributed by atoms with Crippen LogP contribution in [0.3, 0.4) is 0 Å². The van der Waals surface area contributed by atoms with Crippen molar-refractivity contribution in [3.8, 4) is 11.5 Å². The van der Waals surface area contributed by atoms with E-state index in [1.165, 1.54) is 48.0 Å². The van der Waals surface area contributed by atoms with Crippen LogP contribution in [-0.4, -0.2) is 40.7 Å². The van der Waals surface area contributed by atoms with Gasteiger partial charge in [0.1, 0.15) is 17.4 Å². The Morgan fingerprint density at radius 1 is 1.00 bits per heavy atom. The van der Waals surface area contributed by atoms with Gasteiger partial charge in [-0.25, -0.2) is 8.78 Å². The number of amides is 1. The van der Waals surface area contributed by atoms with Gasteiger partial charge in [-0.2, -0.15) is 0 Å². The summed E-state index contributed by atoms with van der Waals surface area (Å²) in [7, 11) is 1.46. The highest BCUT2D eigenvalue weighted by Crippen LogP contribution is 2.45. The average Bonchev–Trinajstić information content (AvgIpc) is 3.55. The first-order chi connectivity index (χ1) is 19.8. The lowest BCUT2D eigenvalue weighted by atomic mass is 9.95. The van der Waals surface area contributed by atoms with Crippen LogP contribution in [0.5, 0.6) is 11.5 Å². The fourth-order valence-electron chi connectivity index (χ4n) is 4.32. The van der Waals surface area contributed by atoms with E-state index >= 15 is 0 Å². The van der Waals surface area contributed by atoms with E-state index in [1.54, 1.807) is 30.3 Å². The molecule has 0 saturated carbocycles. The first-order valence-corrected chi connectivity index (χ1v) is 14.2. The first kappa shape index (κ1) is 28.2. The molecular weight excluding hydrogens is 572 g/mol. The number of thioether (sulfide) groups is 1. The highest BCUT2D eigenvalue weighted by atomic mass is 32.2. The highest BCUT2D eigenvalue weighted by molar-refractivity contribution is 8.00. The summed E-state index contributed by atoms with van der Waals surface area (Å²) < 4.78 is 38.5. The van der Waals surface area contributed by atoms with Gasteiger partial charge in [-0.15, -0.1) is 10.2 Å². The number of nitrogens with zero attached hydrogens (tertiary/aromatic N) is 3. The van der Waals surface area contributed by atoms with E-state index in [-0.39, 0.29) is 22.1 Å². The number of rotatable bonds is 9. The van der Waals surface area contributed by atoms with Crippen LogP contribution in [0.15, 0.2) is 76.6 Å². The molecule has 2 heterocycles. The van der Waals surface area contributed by atoms with Crippen LogP contribution in [0.1, 0.15) is 29.7 Å². The number of hydrogen-bond donors (Lipinski definition) is 1. The minimum atomic E-state index is -1.09. The molecule has 210 valence electrons. The van der Waals surface area contributed by atoms with Gasteiger partial charge in [-0.1, -0.05) is 41.3 Å². The second-order valence-corrected chi connectivity index (χ2v) is 11.0. The molecule has 0 aliphatic carbocycles. The summed E-state index contributed by atoms with van der Waals surface area (Å²) in [5, 5.41) is 19.7. The van der Waals surface area contributed by atoms with Crippen LogP contribution in [0.4, 0.5) is 13.9 Å². The van der Waals surface area contributed by atoms with Gasteiger partial charge in [-0.3, -0.25) is 14.5 Å². The largest absolute Gasteiger partial charge is 0.507 e. The van der Waals surface area contributed by atoms with Crippen molar-refractivity contribution in [1.29, 1.82) is 0 Å². The minimum absolute atomic E-state index is 0.143. The molecule has 1 unspecified atom stereocenters. The Balaban J connectivity index is 1.57. The number of halogens is 2. The van der Waals surface area contributed by atoms with Gasteiger partial charge < -0.3 is 14.6 Å². The molecule has 41 heavy (non-hydrogen) atoms. The molecule has 12 heteroatoms. The van der Waals surface area contributed by atoms with Crippen molar-refractivity contribution in [1.82, 2.24) is 10.2 Å². The molecular formula is C29H23F2N3O5S2. The van der Waals surface area contributed by atoms with E-state index in [0.29, 0.717) is 33.8 Å². The number of aliphatic hydroxyl groups is 1. The van der Waals surface area contributed by atoms with E-state index in [2.05, 4.69) is 10.2 Å². The highest BCUT2D eigenvalue weighted by Gasteiger charge is 2.48. The summed E-state index contributed by atoms with van der Waals surface area (Å²) in [6, 6.07) is 14.9. The number of Topliss-reactive ketones (excluding diaryl/α,β-unsaturated/α-hetero) is 1. The maximum atomic E-state index is 13.6. The number of anilines is 1. The van der Waals surface area contributed by atoms with Gasteiger partial charge in [0.05, 0.1) is 25.3 Å². The second kappa shape index (κ2) is 12.1. The van der Waals surface area contributed by atoms with E-state index in [4.69, 9.17) is 9.47 Å². The quantitative estimate of drug-likeness (QED) is 0.0810. The molecule has 8 nitrogen and oxygen atoms in total. The average molecular weight is 596 g/mol. The minimum Gasteiger partial charge on any atom is -0.507 e. The van der Waals surface area contributed by atoms with Crippen molar-refractivity contribution < 1.29 is 33.0 Å². The third-order valence-electron chi connectivity index (χ3n) is 6.24. The molecule has 0 radical (unpaired) electrons. The second-order valence-electron chi connectivity index (χ2n) is 8.78. The van der Waals surface area contributed by atoms with Crippen molar-refractivity contribution in [3.63, 3.8) is 0 Å². The SMILES string of the molecule is CCOc1ccc(C2/C(=C(/O)c3ccc(F)cc3)C(=O)C(=O)N2c2nnc(SCc3ccc(F)cc3)s2)cc1OC. The summed E-state index contributed by atoms with van der Waals surface area (Å²) in [4.78, 5) is 28.0. The third kappa shape index (κ3) is 5.79. The van der Waals surface area contributed by atoms with Crippen molar-refractivity contribution in [2.24, 2.45) is 0 Å². The van der Waals surface area contributed by atoms with Gasteiger partial charge in [0.25, 0.3) is 5.78 Å². The molecule has 1 N–H and O–H groups in total. The van der Waals surface area contributed by atoms with Crippen LogP contribution in [0, 0.1) is 11.6 Å². The summed E-state index contributed by atoms with van der Waals surface area (Å²) in [5.74, 6) is -1.84. The topological polar surface area (TPSA) is 102 Å². The van der Waals surface area contributed by atoms with E-state index < -0.39 is 29.3 Å². The van der Waals surface area contributed by atoms with E-state index in [0.717, 1.165) is 29.0 Å². The molecule has 1 aliphatic heterocycles. The number of aliphatic hydroxyl groups excluding tert-OH is 1. The maximum absolute atomic E-state index is 13.6. The van der Waals surface area contributed by atoms with Crippen LogP contribution in [0.2, 0.25) is 0 Å². The molecule has 4 aromatic rings. The Kier molecular flexibility index (Phi) is 8.31. The van der Waals surface area contributed by atoms with Crippen LogP contribution in [0.25, 0.3) is 5.76 Å². The van der Waals surface area contributed by atoms with Gasteiger partial charge in [0.2, 0.25) is 5.13 Å². The van der Waals surface area contributed by atoms with Crippen molar-refractivity contribution in [3.05, 3.63) is 101 Å². The van der Waals surface area contributed by atoms with Crippen LogP contribution < -0.4 is 14.4 Å². The van der Waals surface area contributed by atoms with Crippen molar-refractivity contribution in [2.45, 2.75) is 23.1 Å². The number of hydrogen-bond acceptors (Lipinski definition) is 9. The molecule has 3 aromatic carbocycles. The lowest BCUT2D eigenvalue weighted by molar-refractivity contribution is -0.132. The van der Waals surface area contributed by atoms with Crippen LogP contribution >= 0.6 is 23.1 Å². The number of ether oxygens (including phenoxy) is 2. The smallest absolute Gasteiger partial charge is 0.301 e. The van der Waals surface area contributed by atoms with Gasteiger partial charge in [0, 0.05) is 11.3 Å². The molecule has 1 atom stereocenters. The molecule has 1 saturated heterocycles. The Bertz CT molecular complexity index is 1620. The van der Waals surface area contributed by atoms with E-state index in [1.807, 2.05) is 6.92 Å². The predicted octanol–water partition coefficient (Wildman–Crippen LogP) is 6.14.